The Morgan fingerprint density at radius 2 is 1.95 bits per heavy atom. The molecule has 0 aliphatic heterocycles. The number of halogens is 1. The van der Waals surface area contributed by atoms with Crippen molar-refractivity contribution in [1.82, 2.24) is 4.57 Å². The Morgan fingerprint density at radius 1 is 1.24 bits per heavy atom. The lowest BCUT2D eigenvalue weighted by Crippen LogP contribution is -2.28. The van der Waals surface area contributed by atoms with Gasteiger partial charge in [0.2, 0.25) is 5.91 Å². The van der Waals surface area contributed by atoms with Gasteiger partial charge in [-0.2, -0.15) is 0 Å². The third kappa shape index (κ3) is 4.48. The van der Waals surface area contributed by atoms with E-state index in [0.29, 0.717) is 16.3 Å². The minimum Gasteiger partial charge on any atom is -0.273 e. The summed E-state index contributed by atoms with van der Waals surface area (Å²) in [5, 5.41) is 0.667. The van der Waals surface area contributed by atoms with E-state index in [2.05, 4.69) is 4.99 Å². The third-order valence-electron chi connectivity index (χ3n) is 2.69. The standard InChI is InChI=1S/C16H17ClN2OS/c1-12(2)18-15-9-5-6-10-19(15)16(20)11-21-14-8-4-3-7-13(14)17/h3-10,12H,11H2,1-2H3. The number of benzene rings is 1. The van der Waals surface area contributed by atoms with E-state index in [0.717, 1.165) is 4.90 Å². The van der Waals surface area contributed by atoms with E-state index in [-0.39, 0.29) is 11.9 Å². The molecule has 2 rings (SSSR count). The van der Waals surface area contributed by atoms with Gasteiger partial charge in [0.25, 0.3) is 0 Å². The summed E-state index contributed by atoms with van der Waals surface area (Å²) < 4.78 is 1.59. The Labute approximate surface area is 133 Å². The second-order valence-electron chi connectivity index (χ2n) is 4.76. The van der Waals surface area contributed by atoms with Crippen LogP contribution in [0.5, 0.6) is 0 Å². The Balaban J connectivity index is 2.17. The SMILES string of the molecule is CC(C)N=c1ccccn1C(=O)CSc1ccccc1Cl. The highest BCUT2D eigenvalue weighted by Crippen LogP contribution is 2.26. The van der Waals surface area contributed by atoms with Gasteiger partial charge in [-0.15, -0.1) is 11.8 Å². The highest BCUT2D eigenvalue weighted by Gasteiger charge is 2.08. The van der Waals surface area contributed by atoms with E-state index >= 15 is 0 Å². The van der Waals surface area contributed by atoms with Gasteiger partial charge in [0, 0.05) is 17.1 Å². The molecule has 21 heavy (non-hydrogen) atoms. The molecule has 0 N–H and O–H groups in total. The average molecular weight is 321 g/mol. The van der Waals surface area contributed by atoms with Crippen LogP contribution < -0.4 is 5.49 Å². The van der Waals surface area contributed by atoms with Gasteiger partial charge in [-0.1, -0.05) is 29.8 Å². The van der Waals surface area contributed by atoms with Crippen LogP contribution in [0.25, 0.3) is 0 Å². The summed E-state index contributed by atoms with van der Waals surface area (Å²) in [6, 6.07) is 13.2. The van der Waals surface area contributed by atoms with Gasteiger partial charge in [-0.3, -0.25) is 14.4 Å². The summed E-state index contributed by atoms with van der Waals surface area (Å²) in [5.74, 6) is 0.305. The maximum Gasteiger partial charge on any atom is 0.242 e. The van der Waals surface area contributed by atoms with Crippen molar-refractivity contribution in [1.29, 1.82) is 0 Å². The Hall–Kier alpha value is -1.52. The zero-order valence-corrected chi connectivity index (χ0v) is 13.6. The van der Waals surface area contributed by atoms with E-state index < -0.39 is 0 Å². The zero-order valence-electron chi connectivity index (χ0n) is 12.0. The monoisotopic (exact) mass is 320 g/mol. The zero-order chi connectivity index (χ0) is 15.2. The first-order chi connectivity index (χ1) is 10.1. The summed E-state index contributed by atoms with van der Waals surface area (Å²) in [6.45, 7) is 3.97. The average Bonchev–Trinajstić information content (AvgIpc) is 2.46. The first-order valence-electron chi connectivity index (χ1n) is 6.70. The molecule has 1 aromatic heterocycles. The van der Waals surface area contributed by atoms with Gasteiger partial charge in [-0.25, -0.2) is 0 Å². The highest BCUT2D eigenvalue weighted by molar-refractivity contribution is 8.00. The number of carbonyl (C=O) groups is 1. The molecular weight excluding hydrogens is 304 g/mol. The van der Waals surface area contributed by atoms with Gasteiger partial charge in [0.05, 0.1) is 10.8 Å². The van der Waals surface area contributed by atoms with Gasteiger partial charge in [0.1, 0.15) is 5.49 Å². The minimum absolute atomic E-state index is 0.0140. The van der Waals surface area contributed by atoms with Crippen LogP contribution >= 0.6 is 23.4 Å². The maximum atomic E-state index is 12.4. The first kappa shape index (κ1) is 15.9. The molecule has 0 saturated carbocycles. The van der Waals surface area contributed by atoms with Crippen molar-refractivity contribution in [2.45, 2.75) is 24.8 Å². The van der Waals surface area contributed by atoms with Crippen LogP contribution in [0.1, 0.15) is 18.6 Å². The Kier molecular flexibility index (Phi) is 5.65. The summed E-state index contributed by atoms with van der Waals surface area (Å²) in [5.41, 5.74) is 0.678. The number of thioether (sulfide) groups is 1. The van der Waals surface area contributed by atoms with E-state index in [1.54, 1.807) is 10.8 Å². The molecule has 0 radical (unpaired) electrons. The number of rotatable bonds is 4. The van der Waals surface area contributed by atoms with Crippen molar-refractivity contribution in [2.24, 2.45) is 4.99 Å². The van der Waals surface area contributed by atoms with Crippen molar-refractivity contribution >= 4 is 29.3 Å². The summed E-state index contributed by atoms with van der Waals surface area (Å²) >= 11 is 7.53. The van der Waals surface area contributed by atoms with Crippen LogP contribution in [-0.2, 0) is 0 Å². The van der Waals surface area contributed by atoms with Gasteiger partial charge < -0.3 is 0 Å². The quantitative estimate of drug-likeness (QED) is 0.801. The lowest BCUT2D eigenvalue weighted by molar-refractivity contribution is 0.0936. The molecule has 0 atom stereocenters. The minimum atomic E-state index is -0.0140. The largest absolute Gasteiger partial charge is 0.273 e. The number of hydrogen-bond acceptors (Lipinski definition) is 3. The molecule has 0 spiro atoms. The second kappa shape index (κ2) is 7.48. The molecule has 5 heteroatoms. The predicted molar refractivity (Wildman–Crippen MR) is 87.9 cm³/mol. The fraction of sp³-hybridized carbons (Fsp3) is 0.250. The van der Waals surface area contributed by atoms with E-state index in [1.807, 2.05) is 56.3 Å². The lowest BCUT2D eigenvalue weighted by atomic mass is 10.4. The van der Waals surface area contributed by atoms with E-state index in [9.17, 15) is 4.79 Å². The lowest BCUT2D eigenvalue weighted by Gasteiger charge is -2.07. The van der Waals surface area contributed by atoms with Crippen LogP contribution in [-0.4, -0.2) is 22.3 Å². The molecule has 0 bridgehead atoms. The predicted octanol–water partition coefficient (Wildman–Crippen LogP) is 3.88. The normalized spacial score (nSPS) is 11.9. The van der Waals surface area contributed by atoms with Gasteiger partial charge >= 0.3 is 0 Å². The van der Waals surface area contributed by atoms with Crippen LogP contribution in [0.2, 0.25) is 5.02 Å². The van der Waals surface area contributed by atoms with Crippen molar-refractivity contribution < 1.29 is 4.79 Å². The third-order valence-corrected chi connectivity index (χ3v) is 4.19. The molecule has 0 aliphatic carbocycles. The molecule has 0 amide bonds. The molecule has 110 valence electrons. The number of pyridine rings is 1. The Morgan fingerprint density at radius 3 is 2.67 bits per heavy atom. The van der Waals surface area contributed by atoms with Crippen molar-refractivity contribution in [2.75, 3.05) is 5.75 Å². The molecular formula is C16H17ClN2OS. The van der Waals surface area contributed by atoms with Crippen LogP contribution in [0.15, 0.2) is 58.5 Å². The molecule has 2 aromatic rings. The van der Waals surface area contributed by atoms with E-state index in [4.69, 9.17) is 11.6 Å². The van der Waals surface area contributed by atoms with Crippen molar-refractivity contribution in [3.05, 3.63) is 59.2 Å². The molecule has 3 nitrogen and oxygen atoms in total. The summed E-state index contributed by atoms with van der Waals surface area (Å²) in [6.07, 6.45) is 1.75. The van der Waals surface area contributed by atoms with Crippen molar-refractivity contribution in [3.8, 4) is 0 Å². The van der Waals surface area contributed by atoms with Crippen molar-refractivity contribution in [3.63, 3.8) is 0 Å². The molecule has 0 aliphatic rings. The molecule has 1 aromatic carbocycles. The Bertz CT molecular complexity index is 694. The van der Waals surface area contributed by atoms with Gasteiger partial charge in [0.15, 0.2) is 0 Å². The van der Waals surface area contributed by atoms with E-state index in [1.165, 1.54) is 11.8 Å². The number of aromatic nitrogens is 1. The molecule has 0 saturated heterocycles. The number of hydrogen-bond donors (Lipinski definition) is 0. The fourth-order valence-corrected chi connectivity index (χ4v) is 2.88. The number of carbonyl (C=O) groups excluding carboxylic acids is 1. The summed E-state index contributed by atoms with van der Waals surface area (Å²) in [7, 11) is 0. The van der Waals surface area contributed by atoms with Crippen LogP contribution in [0.4, 0.5) is 0 Å². The van der Waals surface area contributed by atoms with Gasteiger partial charge in [-0.05, 0) is 38.1 Å². The molecule has 0 unspecified atom stereocenters. The van der Waals surface area contributed by atoms with Crippen LogP contribution in [0.3, 0.4) is 0 Å². The topological polar surface area (TPSA) is 34.4 Å². The highest BCUT2D eigenvalue weighted by atomic mass is 35.5. The molecule has 1 heterocycles. The first-order valence-corrected chi connectivity index (χ1v) is 8.06. The number of nitrogens with zero attached hydrogens (tertiary/aromatic N) is 2. The fourth-order valence-electron chi connectivity index (χ4n) is 1.79. The maximum absolute atomic E-state index is 12.4. The summed E-state index contributed by atoms with van der Waals surface area (Å²) in [4.78, 5) is 17.7. The second-order valence-corrected chi connectivity index (χ2v) is 6.19. The molecule has 0 fully saturated rings. The smallest absolute Gasteiger partial charge is 0.242 e. The van der Waals surface area contributed by atoms with Crippen LogP contribution in [0, 0.1) is 0 Å².